The molecule has 0 bridgehead atoms. The third-order valence-electron chi connectivity index (χ3n) is 2.50. The zero-order chi connectivity index (χ0) is 11.1. The minimum Gasteiger partial charge on any atom is -0.449 e. The second-order valence-corrected chi connectivity index (χ2v) is 5.65. The molecule has 1 fully saturated rings. The Hall–Kier alpha value is -0.850. The van der Waals surface area contributed by atoms with Gasteiger partial charge in [-0.05, 0) is 25.5 Å². The van der Waals surface area contributed by atoms with E-state index in [0.717, 1.165) is 0 Å². The van der Waals surface area contributed by atoms with Crippen LogP contribution in [0.1, 0.15) is 12.2 Å². The van der Waals surface area contributed by atoms with Gasteiger partial charge in [0.2, 0.25) is 5.09 Å². The standard InChI is InChI=1S/C9H14N2O3S/c1-7-2-3-9(14-7)15(12,13)11-5-4-8(10)6-11/h2-3,8H,4-6,10H2,1H3/t8-/m0/s1. The van der Waals surface area contributed by atoms with Crippen LogP contribution in [-0.4, -0.2) is 31.9 Å². The lowest BCUT2D eigenvalue weighted by Crippen LogP contribution is -2.31. The summed E-state index contributed by atoms with van der Waals surface area (Å²) in [6, 6.07) is 3.06. The molecule has 84 valence electrons. The summed E-state index contributed by atoms with van der Waals surface area (Å²) in [7, 11) is -3.46. The van der Waals surface area contributed by atoms with Gasteiger partial charge in [0.25, 0.3) is 10.0 Å². The number of hydrogen-bond acceptors (Lipinski definition) is 4. The highest BCUT2D eigenvalue weighted by Crippen LogP contribution is 2.21. The fourth-order valence-electron chi connectivity index (χ4n) is 1.65. The number of sulfonamides is 1. The van der Waals surface area contributed by atoms with Gasteiger partial charge in [-0.15, -0.1) is 0 Å². The van der Waals surface area contributed by atoms with Gasteiger partial charge in [-0.3, -0.25) is 0 Å². The SMILES string of the molecule is Cc1ccc(S(=O)(=O)N2CC[C@H](N)C2)o1. The Bertz CT molecular complexity index is 452. The number of hydrogen-bond donors (Lipinski definition) is 1. The molecule has 5 nitrogen and oxygen atoms in total. The first-order chi connectivity index (χ1) is 7.00. The van der Waals surface area contributed by atoms with E-state index in [1.54, 1.807) is 13.0 Å². The molecule has 2 heterocycles. The molecule has 0 radical (unpaired) electrons. The van der Waals surface area contributed by atoms with Crippen LogP contribution in [0, 0.1) is 6.92 Å². The van der Waals surface area contributed by atoms with E-state index in [1.165, 1.54) is 10.4 Å². The lowest BCUT2D eigenvalue weighted by atomic mass is 10.3. The Kier molecular flexibility index (Phi) is 2.57. The number of nitrogens with zero attached hydrogens (tertiary/aromatic N) is 1. The fraction of sp³-hybridized carbons (Fsp3) is 0.556. The molecular formula is C9H14N2O3S. The summed E-state index contributed by atoms with van der Waals surface area (Å²) in [6.45, 7) is 2.57. The van der Waals surface area contributed by atoms with E-state index in [1.807, 2.05) is 0 Å². The second-order valence-electron chi connectivity index (χ2n) is 3.78. The van der Waals surface area contributed by atoms with Crippen LogP contribution in [0.5, 0.6) is 0 Å². The summed E-state index contributed by atoms with van der Waals surface area (Å²) >= 11 is 0. The van der Waals surface area contributed by atoms with E-state index < -0.39 is 10.0 Å². The van der Waals surface area contributed by atoms with Crippen LogP contribution in [0.3, 0.4) is 0 Å². The topological polar surface area (TPSA) is 76.5 Å². The Morgan fingerprint density at radius 1 is 1.53 bits per heavy atom. The predicted octanol–water partition coefficient (Wildman–Crippen LogP) is 0.310. The molecule has 0 spiro atoms. The highest BCUT2D eigenvalue weighted by Gasteiger charge is 2.32. The largest absolute Gasteiger partial charge is 0.449 e. The third kappa shape index (κ3) is 1.92. The van der Waals surface area contributed by atoms with E-state index in [2.05, 4.69) is 0 Å². The molecule has 2 N–H and O–H groups in total. The smallest absolute Gasteiger partial charge is 0.276 e. The predicted molar refractivity (Wildman–Crippen MR) is 54.8 cm³/mol. The molecule has 1 aromatic heterocycles. The molecule has 0 saturated carbocycles. The Labute approximate surface area is 88.9 Å². The summed E-state index contributed by atoms with van der Waals surface area (Å²) in [5.74, 6) is 0.595. The van der Waals surface area contributed by atoms with Gasteiger partial charge < -0.3 is 10.2 Å². The van der Waals surface area contributed by atoms with Crippen LogP contribution in [-0.2, 0) is 10.0 Å². The van der Waals surface area contributed by atoms with Crippen LogP contribution in [0.15, 0.2) is 21.6 Å². The number of nitrogens with two attached hydrogens (primary N) is 1. The van der Waals surface area contributed by atoms with Crippen LogP contribution in [0.4, 0.5) is 0 Å². The molecule has 2 rings (SSSR count). The summed E-state index contributed by atoms with van der Waals surface area (Å²) in [6.07, 6.45) is 0.707. The average molecular weight is 230 g/mol. The molecule has 1 aromatic rings. The van der Waals surface area contributed by atoms with Crippen molar-refractivity contribution in [1.29, 1.82) is 0 Å². The first kappa shape index (κ1) is 10.7. The van der Waals surface area contributed by atoms with Gasteiger partial charge in [-0.2, -0.15) is 4.31 Å². The van der Waals surface area contributed by atoms with Gasteiger partial charge in [-0.25, -0.2) is 8.42 Å². The van der Waals surface area contributed by atoms with Crippen LogP contribution in [0.2, 0.25) is 0 Å². The number of rotatable bonds is 2. The van der Waals surface area contributed by atoms with Gasteiger partial charge in [0.15, 0.2) is 0 Å². The summed E-state index contributed by atoms with van der Waals surface area (Å²) < 4.78 is 30.4. The van der Waals surface area contributed by atoms with Gasteiger partial charge in [0.1, 0.15) is 5.76 Å². The van der Waals surface area contributed by atoms with Crippen molar-refractivity contribution in [2.45, 2.75) is 24.5 Å². The summed E-state index contributed by atoms with van der Waals surface area (Å²) in [5, 5.41) is 0.00843. The third-order valence-corrected chi connectivity index (χ3v) is 4.24. The highest BCUT2D eigenvalue weighted by atomic mass is 32.2. The quantitative estimate of drug-likeness (QED) is 0.793. The fourth-order valence-corrected chi connectivity index (χ4v) is 3.11. The molecule has 15 heavy (non-hydrogen) atoms. The summed E-state index contributed by atoms with van der Waals surface area (Å²) in [4.78, 5) is 0. The van der Waals surface area contributed by atoms with Crippen molar-refractivity contribution in [3.05, 3.63) is 17.9 Å². The van der Waals surface area contributed by atoms with Crippen molar-refractivity contribution in [2.75, 3.05) is 13.1 Å². The van der Waals surface area contributed by atoms with Crippen molar-refractivity contribution >= 4 is 10.0 Å². The number of aryl methyl sites for hydroxylation is 1. The zero-order valence-electron chi connectivity index (χ0n) is 8.51. The zero-order valence-corrected chi connectivity index (χ0v) is 9.33. The molecule has 1 saturated heterocycles. The Morgan fingerprint density at radius 2 is 2.27 bits per heavy atom. The minimum atomic E-state index is -3.46. The van der Waals surface area contributed by atoms with E-state index in [-0.39, 0.29) is 11.1 Å². The maximum absolute atomic E-state index is 12.0. The van der Waals surface area contributed by atoms with Crippen molar-refractivity contribution in [3.63, 3.8) is 0 Å². The molecule has 1 atom stereocenters. The van der Waals surface area contributed by atoms with Gasteiger partial charge in [0, 0.05) is 19.1 Å². The maximum Gasteiger partial charge on any atom is 0.276 e. The molecule has 0 unspecified atom stereocenters. The lowest BCUT2D eigenvalue weighted by Gasteiger charge is -2.13. The van der Waals surface area contributed by atoms with Gasteiger partial charge >= 0.3 is 0 Å². The molecule has 0 amide bonds. The van der Waals surface area contributed by atoms with Gasteiger partial charge in [-0.1, -0.05) is 0 Å². The molecule has 0 aromatic carbocycles. The first-order valence-corrected chi connectivity index (χ1v) is 6.26. The second kappa shape index (κ2) is 3.62. The molecule has 0 aliphatic carbocycles. The van der Waals surface area contributed by atoms with E-state index in [4.69, 9.17) is 10.2 Å². The van der Waals surface area contributed by atoms with Crippen molar-refractivity contribution < 1.29 is 12.8 Å². The van der Waals surface area contributed by atoms with E-state index in [0.29, 0.717) is 25.3 Å². The van der Waals surface area contributed by atoms with Crippen molar-refractivity contribution in [2.24, 2.45) is 5.73 Å². The monoisotopic (exact) mass is 230 g/mol. The Balaban J connectivity index is 2.27. The molecule has 1 aliphatic rings. The van der Waals surface area contributed by atoms with E-state index in [9.17, 15) is 8.42 Å². The van der Waals surface area contributed by atoms with Crippen molar-refractivity contribution in [1.82, 2.24) is 4.31 Å². The summed E-state index contributed by atoms with van der Waals surface area (Å²) in [5.41, 5.74) is 5.67. The Morgan fingerprint density at radius 3 is 2.73 bits per heavy atom. The molecule has 1 aliphatic heterocycles. The average Bonchev–Trinajstić information content (AvgIpc) is 2.74. The first-order valence-electron chi connectivity index (χ1n) is 4.82. The van der Waals surface area contributed by atoms with Crippen LogP contribution >= 0.6 is 0 Å². The molecule has 6 heteroatoms. The van der Waals surface area contributed by atoms with Crippen molar-refractivity contribution in [3.8, 4) is 0 Å². The lowest BCUT2D eigenvalue weighted by molar-refractivity contribution is 0.397. The van der Waals surface area contributed by atoms with E-state index >= 15 is 0 Å². The normalized spacial score (nSPS) is 23.5. The molecular weight excluding hydrogens is 216 g/mol. The highest BCUT2D eigenvalue weighted by molar-refractivity contribution is 7.89. The van der Waals surface area contributed by atoms with Crippen LogP contribution in [0.25, 0.3) is 0 Å². The van der Waals surface area contributed by atoms with Crippen LogP contribution < -0.4 is 5.73 Å². The number of furan rings is 1. The van der Waals surface area contributed by atoms with Gasteiger partial charge in [0.05, 0.1) is 0 Å². The minimum absolute atomic E-state index is 0.00843. The maximum atomic E-state index is 12.0.